The molecular weight excluding hydrogens is 250 g/mol. The van der Waals surface area contributed by atoms with Gasteiger partial charge in [-0.25, -0.2) is 9.48 Å². The molecule has 0 radical (unpaired) electrons. The van der Waals surface area contributed by atoms with Crippen molar-refractivity contribution in [2.75, 3.05) is 0 Å². The van der Waals surface area contributed by atoms with Crippen LogP contribution in [0.4, 0.5) is 0 Å². The van der Waals surface area contributed by atoms with Gasteiger partial charge in [-0.1, -0.05) is 23.7 Å². The van der Waals surface area contributed by atoms with E-state index in [1.165, 1.54) is 10.2 Å². The van der Waals surface area contributed by atoms with Crippen molar-refractivity contribution in [1.82, 2.24) is 14.3 Å². The molecule has 5 heteroatoms. The van der Waals surface area contributed by atoms with E-state index in [1.54, 1.807) is 4.57 Å². The average Bonchev–Trinajstić information content (AvgIpc) is 2.56. The van der Waals surface area contributed by atoms with Crippen LogP contribution < -0.4 is 5.69 Å². The van der Waals surface area contributed by atoms with Gasteiger partial charge in [0.15, 0.2) is 0 Å². The molecule has 0 aliphatic carbocycles. The molecule has 3 rings (SSSR count). The van der Waals surface area contributed by atoms with Gasteiger partial charge in [-0.2, -0.15) is 5.10 Å². The molecule has 0 saturated carbocycles. The van der Waals surface area contributed by atoms with Crippen LogP contribution in [0.1, 0.15) is 23.9 Å². The van der Waals surface area contributed by atoms with Crippen molar-refractivity contribution in [3.8, 4) is 0 Å². The summed E-state index contributed by atoms with van der Waals surface area (Å²) in [5, 5.41) is 5.17. The first-order chi connectivity index (χ1) is 8.70. The van der Waals surface area contributed by atoms with Crippen molar-refractivity contribution in [2.24, 2.45) is 0 Å². The molecule has 18 heavy (non-hydrogen) atoms. The van der Waals surface area contributed by atoms with Gasteiger partial charge >= 0.3 is 5.69 Å². The second kappa shape index (κ2) is 4.28. The Bertz CT molecular complexity index is 657. The van der Waals surface area contributed by atoms with Crippen LogP contribution in [0.3, 0.4) is 0 Å². The zero-order chi connectivity index (χ0) is 12.7. The molecule has 2 heterocycles. The van der Waals surface area contributed by atoms with Gasteiger partial charge in [-0.05, 0) is 30.5 Å². The Morgan fingerprint density at radius 1 is 1.44 bits per heavy atom. The predicted octanol–water partition coefficient (Wildman–Crippen LogP) is 1.86. The van der Waals surface area contributed by atoms with E-state index in [-0.39, 0.29) is 5.69 Å². The van der Waals surface area contributed by atoms with Crippen LogP contribution in [0.15, 0.2) is 23.0 Å². The summed E-state index contributed by atoms with van der Waals surface area (Å²) >= 11 is 6.21. The lowest BCUT2D eigenvalue weighted by Gasteiger charge is -2.06. The standard InChI is InChI=1S/C13H14ClN3O/c1-2-17-13(18)16-7-6-10-9(8-12(16)15-17)4-3-5-11(10)14/h3-5H,2,6-8H2,1H3. The van der Waals surface area contributed by atoms with Crippen LogP contribution >= 0.6 is 11.6 Å². The molecule has 0 unspecified atom stereocenters. The molecule has 94 valence electrons. The van der Waals surface area contributed by atoms with Crippen LogP contribution in [0.2, 0.25) is 5.02 Å². The number of nitrogens with zero attached hydrogens (tertiary/aromatic N) is 3. The summed E-state index contributed by atoms with van der Waals surface area (Å²) in [4.78, 5) is 12.1. The number of aryl methyl sites for hydroxylation is 1. The Hall–Kier alpha value is -1.55. The fourth-order valence-corrected chi connectivity index (χ4v) is 2.78. The van der Waals surface area contributed by atoms with Crippen molar-refractivity contribution < 1.29 is 0 Å². The van der Waals surface area contributed by atoms with E-state index in [0.29, 0.717) is 19.5 Å². The number of benzene rings is 1. The molecule has 0 atom stereocenters. The quantitative estimate of drug-likeness (QED) is 0.788. The van der Waals surface area contributed by atoms with E-state index < -0.39 is 0 Å². The smallest absolute Gasteiger partial charge is 0.278 e. The second-order valence-electron chi connectivity index (χ2n) is 4.47. The topological polar surface area (TPSA) is 39.8 Å². The summed E-state index contributed by atoms with van der Waals surface area (Å²) < 4.78 is 3.28. The van der Waals surface area contributed by atoms with E-state index >= 15 is 0 Å². The molecule has 1 aliphatic heterocycles. The zero-order valence-corrected chi connectivity index (χ0v) is 10.9. The van der Waals surface area contributed by atoms with Crippen LogP contribution in [0.5, 0.6) is 0 Å². The first-order valence-electron chi connectivity index (χ1n) is 6.13. The number of hydrogen-bond donors (Lipinski definition) is 0. The highest BCUT2D eigenvalue weighted by Crippen LogP contribution is 2.25. The van der Waals surface area contributed by atoms with E-state index in [4.69, 9.17) is 11.6 Å². The minimum Gasteiger partial charge on any atom is -0.278 e. The number of hydrogen-bond acceptors (Lipinski definition) is 2. The fourth-order valence-electron chi connectivity index (χ4n) is 2.49. The summed E-state index contributed by atoms with van der Waals surface area (Å²) in [6.07, 6.45) is 1.47. The van der Waals surface area contributed by atoms with Gasteiger partial charge in [0, 0.05) is 24.5 Å². The molecule has 0 fully saturated rings. The molecule has 1 aromatic heterocycles. The normalized spacial score (nSPS) is 13.9. The Morgan fingerprint density at radius 3 is 3.06 bits per heavy atom. The van der Waals surface area contributed by atoms with E-state index in [2.05, 4.69) is 11.2 Å². The summed E-state index contributed by atoms with van der Waals surface area (Å²) in [5.41, 5.74) is 2.30. The van der Waals surface area contributed by atoms with Crippen LogP contribution in [0, 0.1) is 0 Å². The van der Waals surface area contributed by atoms with E-state index in [0.717, 1.165) is 22.8 Å². The number of rotatable bonds is 1. The lowest BCUT2D eigenvalue weighted by molar-refractivity contribution is 0.600. The van der Waals surface area contributed by atoms with Gasteiger partial charge in [-0.15, -0.1) is 0 Å². The third kappa shape index (κ3) is 1.68. The molecule has 0 saturated heterocycles. The highest BCUT2D eigenvalue weighted by Gasteiger charge is 2.19. The third-order valence-corrected chi connectivity index (χ3v) is 3.80. The summed E-state index contributed by atoms with van der Waals surface area (Å²) in [5.74, 6) is 0.836. The summed E-state index contributed by atoms with van der Waals surface area (Å²) in [6.45, 7) is 3.20. The Labute approximate surface area is 110 Å². The van der Waals surface area contributed by atoms with Crippen LogP contribution in [-0.2, 0) is 25.9 Å². The SMILES string of the molecule is CCn1nc2n(c1=O)CCc1c(Cl)cccc1C2. The van der Waals surface area contributed by atoms with Gasteiger partial charge in [0.2, 0.25) is 0 Å². The lowest BCUT2D eigenvalue weighted by Crippen LogP contribution is -2.25. The minimum atomic E-state index is -0.0172. The van der Waals surface area contributed by atoms with Crippen LogP contribution in [-0.4, -0.2) is 14.3 Å². The first-order valence-corrected chi connectivity index (χ1v) is 6.51. The zero-order valence-electron chi connectivity index (χ0n) is 10.2. The predicted molar refractivity (Wildman–Crippen MR) is 70.1 cm³/mol. The Morgan fingerprint density at radius 2 is 2.28 bits per heavy atom. The van der Waals surface area contributed by atoms with Gasteiger partial charge in [0.05, 0.1) is 0 Å². The Kier molecular flexibility index (Phi) is 2.74. The monoisotopic (exact) mass is 263 g/mol. The van der Waals surface area contributed by atoms with Crippen molar-refractivity contribution in [3.63, 3.8) is 0 Å². The van der Waals surface area contributed by atoms with E-state index in [1.807, 2.05) is 19.1 Å². The van der Waals surface area contributed by atoms with Crippen molar-refractivity contribution >= 4 is 11.6 Å². The second-order valence-corrected chi connectivity index (χ2v) is 4.88. The molecule has 0 N–H and O–H groups in total. The highest BCUT2D eigenvalue weighted by atomic mass is 35.5. The fraction of sp³-hybridized carbons (Fsp3) is 0.385. The van der Waals surface area contributed by atoms with Crippen molar-refractivity contribution in [1.29, 1.82) is 0 Å². The van der Waals surface area contributed by atoms with Crippen molar-refractivity contribution in [3.05, 3.63) is 50.7 Å². The lowest BCUT2D eigenvalue weighted by atomic mass is 10.0. The highest BCUT2D eigenvalue weighted by molar-refractivity contribution is 6.31. The maximum Gasteiger partial charge on any atom is 0.345 e. The summed E-state index contributed by atoms with van der Waals surface area (Å²) in [6, 6.07) is 5.91. The molecule has 4 nitrogen and oxygen atoms in total. The van der Waals surface area contributed by atoms with E-state index in [9.17, 15) is 4.79 Å². The number of aromatic nitrogens is 3. The third-order valence-electron chi connectivity index (χ3n) is 3.45. The maximum atomic E-state index is 12.1. The molecule has 2 aromatic rings. The van der Waals surface area contributed by atoms with Gasteiger partial charge in [-0.3, -0.25) is 4.57 Å². The molecule has 0 amide bonds. The molecule has 1 aromatic carbocycles. The molecule has 1 aliphatic rings. The van der Waals surface area contributed by atoms with Gasteiger partial charge in [0.25, 0.3) is 0 Å². The Balaban J connectivity index is 2.12. The van der Waals surface area contributed by atoms with Crippen LogP contribution in [0.25, 0.3) is 0 Å². The molecule has 0 spiro atoms. The van der Waals surface area contributed by atoms with Gasteiger partial charge in [0.1, 0.15) is 5.82 Å². The largest absolute Gasteiger partial charge is 0.345 e. The van der Waals surface area contributed by atoms with Crippen molar-refractivity contribution in [2.45, 2.75) is 32.9 Å². The molecule has 0 bridgehead atoms. The number of fused-ring (bicyclic) bond motifs is 2. The summed E-state index contributed by atoms with van der Waals surface area (Å²) in [7, 11) is 0. The number of halogens is 1. The minimum absolute atomic E-state index is 0.0172. The first kappa shape index (κ1) is 11.5. The van der Waals surface area contributed by atoms with Gasteiger partial charge < -0.3 is 0 Å². The maximum absolute atomic E-state index is 12.1. The molecular formula is C13H14ClN3O. The average molecular weight is 264 g/mol.